The molecule has 1 N–H and O–H groups in total. The number of rotatable bonds is 7. The van der Waals surface area contributed by atoms with Crippen molar-refractivity contribution < 1.29 is 13.2 Å². The van der Waals surface area contributed by atoms with Crippen LogP contribution in [0, 0.1) is 0 Å². The lowest BCUT2D eigenvalue weighted by Crippen LogP contribution is -2.34. The van der Waals surface area contributed by atoms with E-state index < -0.39 is 10.0 Å². The van der Waals surface area contributed by atoms with E-state index in [1.165, 1.54) is 28.5 Å². The molecular weight excluding hydrogens is 308 g/mol. The number of ether oxygens (including phenoxy) is 1. The quantitative estimate of drug-likeness (QED) is 0.828. The summed E-state index contributed by atoms with van der Waals surface area (Å²) in [6.45, 7) is 1.83. The Balaban J connectivity index is 1.69. The van der Waals surface area contributed by atoms with Crippen LogP contribution >= 0.6 is 11.3 Å². The molecule has 0 spiro atoms. The molecule has 2 heterocycles. The van der Waals surface area contributed by atoms with Gasteiger partial charge in [-0.05, 0) is 37.1 Å². The van der Waals surface area contributed by atoms with Gasteiger partial charge in [-0.3, -0.25) is 0 Å². The molecule has 0 bridgehead atoms. The van der Waals surface area contributed by atoms with E-state index in [-0.39, 0.29) is 6.10 Å². The SMILES string of the molecule is CN(CC1CCCO1)S(=O)(=O)c1ccsc1CNC1CC1. The standard InChI is InChI=1S/C14H22N2O3S2/c1-16(10-12-3-2-7-19-12)21(17,18)14-6-8-20-13(14)9-15-11-4-5-11/h6,8,11-12,15H,2-5,7,9-10H2,1H3. The molecule has 1 aliphatic carbocycles. The van der Waals surface area contributed by atoms with Gasteiger partial charge in [0, 0.05) is 37.7 Å². The van der Waals surface area contributed by atoms with Crippen molar-refractivity contribution in [2.45, 2.75) is 49.3 Å². The van der Waals surface area contributed by atoms with E-state index in [4.69, 9.17) is 4.74 Å². The molecule has 3 rings (SSSR count). The Hall–Kier alpha value is -0.470. The van der Waals surface area contributed by atoms with E-state index in [1.807, 2.05) is 5.38 Å². The van der Waals surface area contributed by atoms with Crippen LogP contribution in [0.5, 0.6) is 0 Å². The van der Waals surface area contributed by atoms with Gasteiger partial charge in [0.15, 0.2) is 0 Å². The summed E-state index contributed by atoms with van der Waals surface area (Å²) in [5, 5.41) is 5.24. The molecule has 1 unspecified atom stereocenters. The van der Waals surface area contributed by atoms with Gasteiger partial charge in [0.1, 0.15) is 0 Å². The number of likely N-dealkylation sites (N-methyl/N-ethyl adjacent to an activating group) is 1. The summed E-state index contributed by atoms with van der Waals surface area (Å²) in [6.07, 6.45) is 4.41. The van der Waals surface area contributed by atoms with Crippen LogP contribution in [0.3, 0.4) is 0 Å². The minimum atomic E-state index is -3.42. The number of thiophene rings is 1. The van der Waals surface area contributed by atoms with Crippen molar-refractivity contribution in [3.05, 3.63) is 16.3 Å². The van der Waals surface area contributed by atoms with Crippen LogP contribution < -0.4 is 5.32 Å². The number of nitrogens with zero attached hydrogens (tertiary/aromatic N) is 1. The zero-order valence-corrected chi connectivity index (χ0v) is 13.9. The number of sulfonamides is 1. The van der Waals surface area contributed by atoms with E-state index in [2.05, 4.69) is 5.32 Å². The lowest BCUT2D eigenvalue weighted by atomic mass is 10.2. The third-order valence-corrected chi connectivity index (χ3v) is 6.96. The zero-order chi connectivity index (χ0) is 14.9. The van der Waals surface area contributed by atoms with Gasteiger partial charge in [-0.1, -0.05) is 0 Å². The Kier molecular flexibility index (Phi) is 4.66. The Bertz CT molecular complexity index is 575. The number of hydrogen-bond acceptors (Lipinski definition) is 5. The molecule has 118 valence electrons. The van der Waals surface area contributed by atoms with Crippen LogP contribution in [0.25, 0.3) is 0 Å². The smallest absolute Gasteiger partial charge is 0.244 e. The van der Waals surface area contributed by atoms with Gasteiger partial charge in [-0.25, -0.2) is 8.42 Å². The highest BCUT2D eigenvalue weighted by Gasteiger charge is 2.29. The Labute approximate surface area is 130 Å². The molecule has 21 heavy (non-hydrogen) atoms. The first-order valence-corrected chi connectivity index (χ1v) is 9.77. The fraction of sp³-hybridized carbons (Fsp3) is 0.714. The van der Waals surface area contributed by atoms with Gasteiger partial charge in [0.2, 0.25) is 10.0 Å². The zero-order valence-electron chi connectivity index (χ0n) is 12.2. The van der Waals surface area contributed by atoms with Crippen LogP contribution in [0.2, 0.25) is 0 Å². The third-order valence-electron chi connectivity index (χ3n) is 4.01. The maximum atomic E-state index is 12.7. The molecule has 1 saturated heterocycles. The van der Waals surface area contributed by atoms with Crippen molar-refractivity contribution in [1.29, 1.82) is 0 Å². The van der Waals surface area contributed by atoms with E-state index >= 15 is 0 Å². The molecule has 1 aromatic heterocycles. The Morgan fingerprint density at radius 3 is 2.90 bits per heavy atom. The van der Waals surface area contributed by atoms with Gasteiger partial charge in [0.05, 0.1) is 11.0 Å². The van der Waals surface area contributed by atoms with E-state index in [0.717, 1.165) is 24.3 Å². The van der Waals surface area contributed by atoms with Crippen molar-refractivity contribution in [2.24, 2.45) is 0 Å². The minimum absolute atomic E-state index is 0.0384. The first-order valence-electron chi connectivity index (χ1n) is 7.45. The summed E-state index contributed by atoms with van der Waals surface area (Å²) in [4.78, 5) is 1.35. The molecule has 1 aromatic rings. The van der Waals surface area contributed by atoms with Gasteiger partial charge < -0.3 is 10.1 Å². The summed E-state index contributed by atoms with van der Waals surface area (Å²) < 4.78 is 32.4. The second-order valence-corrected chi connectivity index (χ2v) is 8.80. The Morgan fingerprint density at radius 2 is 2.24 bits per heavy atom. The minimum Gasteiger partial charge on any atom is -0.377 e. The van der Waals surface area contributed by atoms with Crippen molar-refractivity contribution in [2.75, 3.05) is 20.2 Å². The van der Waals surface area contributed by atoms with Crippen LogP contribution in [0.15, 0.2) is 16.3 Å². The van der Waals surface area contributed by atoms with Crippen molar-refractivity contribution in [3.63, 3.8) is 0 Å². The van der Waals surface area contributed by atoms with Gasteiger partial charge >= 0.3 is 0 Å². The van der Waals surface area contributed by atoms with Gasteiger partial charge in [0.25, 0.3) is 0 Å². The van der Waals surface area contributed by atoms with E-state index in [1.54, 1.807) is 13.1 Å². The summed E-state index contributed by atoms with van der Waals surface area (Å²) >= 11 is 1.51. The first-order chi connectivity index (χ1) is 10.1. The monoisotopic (exact) mass is 330 g/mol. The molecule has 0 aromatic carbocycles. The molecule has 7 heteroatoms. The second kappa shape index (κ2) is 6.34. The summed E-state index contributed by atoms with van der Waals surface area (Å²) in [5.41, 5.74) is 0. The fourth-order valence-corrected chi connectivity index (χ4v) is 5.12. The average Bonchev–Trinajstić information content (AvgIpc) is 2.93. The third kappa shape index (κ3) is 3.65. The van der Waals surface area contributed by atoms with Gasteiger partial charge in [-0.2, -0.15) is 4.31 Å². The topological polar surface area (TPSA) is 58.6 Å². The van der Waals surface area contributed by atoms with E-state index in [9.17, 15) is 8.42 Å². The van der Waals surface area contributed by atoms with Crippen molar-refractivity contribution in [1.82, 2.24) is 9.62 Å². The van der Waals surface area contributed by atoms with Gasteiger partial charge in [-0.15, -0.1) is 11.3 Å². The van der Waals surface area contributed by atoms with Crippen LogP contribution in [-0.2, 0) is 21.3 Å². The summed E-state index contributed by atoms with van der Waals surface area (Å²) in [7, 11) is -1.77. The highest BCUT2D eigenvalue weighted by Crippen LogP contribution is 2.27. The molecular formula is C14H22N2O3S2. The molecule has 1 saturated carbocycles. The van der Waals surface area contributed by atoms with Crippen LogP contribution in [-0.4, -0.2) is 45.1 Å². The normalized spacial score (nSPS) is 23.0. The largest absolute Gasteiger partial charge is 0.377 e. The van der Waals surface area contributed by atoms with E-state index in [0.29, 0.717) is 24.0 Å². The average molecular weight is 330 g/mol. The molecule has 1 atom stereocenters. The first kappa shape index (κ1) is 15.4. The highest BCUT2D eigenvalue weighted by atomic mass is 32.2. The molecule has 0 radical (unpaired) electrons. The summed E-state index contributed by atoms with van der Waals surface area (Å²) in [6, 6.07) is 2.29. The lowest BCUT2D eigenvalue weighted by Gasteiger charge is -2.20. The van der Waals surface area contributed by atoms with Crippen LogP contribution in [0.4, 0.5) is 0 Å². The fourth-order valence-electron chi connectivity index (χ4n) is 2.55. The number of nitrogens with one attached hydrogen (secondary N) is 1. The predicted octanol–water partition coefficient (Wildman–Crippen LogP) is 1.80. The maximum absolute atomic E-state index is 12.7. The summed E-state index contributed by atoms with van der Waals surface area (Å²) in [5.74, 6) is 0. The molecule has 1 aliphatic heterocycles. The maximum Gasteiger partial charge on any atom is 0.244 e. The lowest BCUT2D eigenvalue weighted by molar-refractivity contribution is 0.0979. The second-order valence-electron chi connectivity index (χ2n) is 5.78. The molecule has 0 amide bonds. The Morgan fingerprint density at radius 1 is 1.43 bits per heavy atom. The van der Waals surface area contributed by atoms with Crippen molar-refractivity contribution >= 4 is 21.4 Å². The predicted molar refractivity (Wildman–Crippen MR) is 83.0 cm³/mol. The number of hydrogen-bond donors (Lipinski definition) is 1. The highest BCUT2D eigenvalue weighted by molar-refractivity contribution is 7.89. The van der Waals surface area contributed by atoms with Crippen molar-refractivity contribution in [3.8, 4) is 0 Å². The molecule has 2 fully saturated rings. The van der Waals surface area contributed by atoms with Crippen LogP contribution in [0.1, 0.15) is 30.6 Å². The molecule has 2 aliphatic rings. The molecule has 5 nitrogen and oxygen atoms in total.